The van der Waals surface area contributed by atoms with Gasteiger partial charge in [0.2, 0.25) is 0 Å². The Labute approximate surface area is 79.2 Å². The Morgan fingerprint density at radius 1 is 1.23 bits per heavy atom. The topological polar surface area (TPSA) is 71.4 Å². The van der Waals surface area contributed by atoms with E-state index >= 15 is 0 Å². The average Bonchev–Trinajstić information content (AvgIpc) is 2.03. The molecule has 6 heteroatoms. The van der Waals surface area contributed by atoms with Gasteiger partial charge in [-0.3, -0.25) is 4.79 Å². The number of hydrogen-bond acceptors (Lipinski definition) is 4. The van der Waals surface area contributed by atoms with Crippen molar-refractivity contribution >= 4 is 24.8 Å². The van der Waals surface area contributed by atoms with Crippen LogP contribution in [0.4, 0.5) is 0 Å². The van der Waals surface area contributed by atoms with Crippen molar-refractivity contribution in [3.8, 4) is 5.75 Å². The third-order valence-electron chi connectivity index (χ3n) is 1.32. The quantitative estimate of drug-likeness (QED) is 0.720. The van der Waals surface area contributed by atoms with Crippen LogP contribution in [0.5, 0.6) is 5.75 Å². The Morgan fingerprint density at radius 2 is 1.69 bits per heavy atom. The van der Waals surface area contributed by atoms with Gasteiger partial charge in [-0.15, -0.1) is 0 Å². The van der Waals surface area contributed by atoms with E-state index < -0.39 is 14.2 Å². The molecule has 0 aliphatic heterocycles. The largest absolute Gasteiger partial charge is 0.508 e. The number of rotatable bonds is 1. The van der Waals surface area contributed by atoms with Crippen molar-refractivity contribution in [2.45, 2.75) is 0 Å². The van der Waals surface area contributed by atoms with Crippen LogP contribution < -0.4 is 0 Å². The van der Waals surface area contributed by atoms with Gasteiger partial charge >= 0.3 is 0 Å². The second-order valence-corrected chi connectivity index (χ2v) is 4.74. The summed E-state index contributed by atoms with van der Waals surface area (Å²) in [5.41, 5.74) is -0.0761. The smallest absolute Gasteiger partial charge is 0.299 e. The normalized spacial score (nSPS) is 11.2. The van der Waals surface area contributed by atoms with E-state index in [0.717, 1.165) is 0 Å². The van der Waals surface area contributed by atoms with Crippen LogP contribution in [-0.2, 0) is 9.05 Å². The van der Waals surface area contributed by atoms with Crippen molar-refractivity contribution in [2.24, 2.45) is 0 Å². The molecule has 70 valence electrons. The SMILES string of the molecule is O=C(c1ccc(O)cc1)S(=O)(=O)Cl. The Hall–Kier alpha value is -1.07. The summed E-state index contributed by atoms with van der Waals surface area (Å²) >= 11 is 0. The summed E-state index contributed by atoms with van der Waals surface area (Å²) in [7, 11) is 0.601. The van der Waals surface area contributed by atoms with Crippen LogP contribution in [0.25, 0.3) is 0 Å². The Kier molecular flexibility index (Phi) is 2.58. The maximum atomic E-state index is 11.0. The van der Waals surface area contributed by atoms with Gasteiger partial charge in [0.25, 0.3) is 14.2 Å². The van der Waals surface area contributed by atoms with Crippen LogP contribution in [0.3, 0.4) is 0 Å². The molecular formula is C7H5ClO4S. The maximum absolute atomic E-state index is 11.0. The fourth-order valence-corrected chi connectivity index (χ4v) is 1.42. The average molecular weight is 221 g/mol. The molecule has 13 heavy (non-hydrogen) atoms. The second-order valence-electron chi connectivity index (χ2n) is 2.27. The van der Waals surface area contributed by atoms with Gasteiger partial charge < -0.3 is 5.11 Å². The van der Waals surface area contributed by atoms with Crippen molar-refractivity contribution < 1.29 is 18.3 Å². The van der Waals surface area contributed by atoms with E-state index in [1.165, 1.54) is 24.3 Å². The molecule has 0 spiro atoms. The van der Waals surface area contributed by atoms with E-state index in [0.29, 0.717) is 0 Å². The van der Waals surface area contributed by atoms with E-state index in [-0.39, 0.29) is 11.3 Å². The zero-order valence-electron chi connectivity index (χ0n) is 6.27. The van der Waals surface area contributed by atoms with Crippen molar-refractivity contribution in [3.63, 3.8) is 0 Å². The van der Waals surface area contributed by atoms with E-state index in [9.17, 15) is 13.2 Å². The van der Waals surface area contributed by atoms with Crippen molar-refractivity contribution in [3.05, 3.63) is 29.8 Å². The van der Waals surface area contributed by atoms with Gasteiger partial charge in [-0.1, -0.05) is 0 Å². The lowest BCUT2D eigenvalue weighted by Crippen LogP contribution is -2.07. The van der Waals surface area contributed by atoms with Gasteiger partial charge in [0.15, 0.2) is 0 Å². The molecule has 1 N–H and O–H groups in total. The molecule has 4 nitrogen and oxygen atoms in total. The Bertz CT molecular complexity index is 420. The van der Waals surface area contributed by atoms with E-state index in [1.54, 1.807) is 0 Å². The number of carbonyl (C=O) groups is 1. The minimum absolute atomic E-state index is 0.0523. The van der Waals surface area contributed by atoms with Gasteiger partial charge in [-0.25, -0.2) is 8.42 Å². The number of halogens is 1. The van der Waals surface area contributed by atoms with Crippen molar-refractivity contribution in [1.29, 1.82) is 0 Å². The molecule has 0 saturated heterocycles. The Morgan fingerprint density at radius 3 is 2.08 bits per heavy atom. The molecule has 0 heterocycles. The number of phenolic OH excluding ortho intramolecular Hbond substituents is 1. The van der Waals surface area contributed by atoms with Crippen LogP contribution in [0.15, 0.2) is 24.3 Å². The van der Waals surface area contributed by atoms with Gasteiger partial charge in [0.05, 0.1) is 0 Å². The lowest BCUT2D eigenvalue weighted by molar-refractivity contribution is 0.107. The molecule has 0 atom stereocenters. The molecule has 1 rings (SSSR count). The number of carbonyl (C=O) groups excluding carboxylic acids is 1. The highest BCUT2D eigenvalue weighted by molar-refractivity contribution is 8.25. The third kappa shape index (κ3) is 2.43. The minimum atomic E-state index is -4.22. The van der Waals surface area contributed by atoms with Crippen LogP contribution in [0.1, 0.15) is 10.4 Å². The maximum Gasteiger partial charge on any atom is 0.299 e. The number of phenols is 1. The first kappa shape index (κ1) is 10.0. The molecule has 0 bridgehead atoms. The second kappa shape index (κ2) is 3.35. The highest BCUT2D eigenvalue weighted by Crippen LogP contribution is 2.13. The number of benzene rings is 1. The van der Waals surface area contributed by atoms with Crippen LogP contribution in [0, 0.1) is 0 Å². The molecular weight excluding hydrogens is 216 g/mol. The molecule has 1 aromatic carbocycles. The molecule has 0 unspecified atom stereocenters. The zero-order valence-corrected chi connectivity index (χ0v) is 7.84. The van der Waals surface area contributed by atoms with Crippen molar-refractivity contribution in [2.75, 3.05) is 0 Å². The number of hydrogen-bond donors (Lipinski definition) is 1. The fraction of sp³-hybridized carbons (Fsp3) is 0. The minimum Gasteiger partial charge on any atom is -0.508 e. The van der Waals surface area contributed by atoms with Gasteiger partial charge in [0, 0.05) is 16.2 Å². The summed E-state index contributed by atoms with van der Waals surface area (Å²) in [4.78, 5) is 11.0. The molecule has 0 saturated carbocycles. The molecule has 0 aromatic heterocycles. The molecule has 0 fully saturated rings. The molecule has 0 aliphatic rings. The fourth-order valence-electron chi connectivity index (χ4n) is 0.738. The van der Waals surface area contributed by atoms with Crippen molar-refractivity contribution in [1.82, 2.24) is 0 Å². The lowest BCUT2D eigenvalue weighted by Gasteiger charge is -1.96. The standard InChI is InChI=1S/C7H5ClO4S/c8-13(11,12)7(10)5-1-3-6(9)4-2-5/h1-4,9H. The summed E-state index contributed by atoms with van der Waals surface area (Å²) in [6, 6.07) is 4.76. The van der Waals surface area contributed by atoms with Crippen LogP contribution in [0.2, 0.25) is 0 Å². The summed E-state index contributed by atoms with van der Waals surface area (Å²) in [5.74, 6) is -0.0523. The summed E-state index contributed by atoms with van der Waals surface area (Å²) in [5, 5.41) is 7.68. The Balaban J connectivity index is 3.12. The first-order valence-electron chi connectivity index (χ1n) is 3.19. The van der Waals surface area contributed by atoms with E-state index in [1.807, 2.05) is 0 Å². The first-order chi connectivity index (χ1) is 5.91. The predicted molar refractivity (Wildman–Crippen MR) is 47.2 cm³/mol. The zero-order chi connectivity index (χ0) is 10.1. The summed E-state index contributed by atoms with van der Waals surface area (Å²) in [6.45, 7) is 0. The van der Waals surface area contributed by atoms with Crippen LogP contribution >= 0.6 is 10.7 Å². The highest BCUT2D eigenvalue weighted by atomic mass is 35.7. The first-order valence-corrected chi connectivity index (χ1v) is 5.50. The molecule has 0 radical (unpaired) electrons. The monoisotopic (exact) mass is 220 g/mol. The van der Waals surface area contributed by atoms with E-state index in [4.69, 9.17) is 15.8 Å². The van der Waals surface area contributed by atoms with Gasteiger partial charge in [-0.2, -0.15) is 0 Å². The summed E-state index contributed by atoms with van der Waals surface area (Å²) in [6.07, 6.45) is 0. The van der Waals surface area contributed by atoms with Crippen LogP contribution in [-0.4, -0.2) is 18.6 Å². The number of aromatic hydroxyl groups is 1. The molecule has 0 amide bonds. The predicted octanol–water partition coefficient (Wildman–Crippen LogP) is 1.10. The molecule has 1 aromatic rings. The van der Waals surface area contributed by atoms with Gasteiger partial charge in [-0.05, 0) is 24.3 Å². The lowest BCUT2D eigenvalue weighted by atomic mass is 10.2. The summed E-state index contributed by atoms with van der Waals surface area (Å²) < 4.78 is 21.1. The highest BCUT2D eigenvalue weighted by Gasteiger charge is 2.20. The van der Waals surface area contributed by atoms with E-state index in [2.05, 4.69) is 0 Å². The molecule has 0 aliphatic carbocycles. The van der Waals surface area contributed by atoms with Gasteiger partial charge in [0.1, 0.15) is 5.75 Å². The third-order valence-corrected chi connectivity index (χ3v) is 2.42.